The quantitative estimate of drug-likeness (QED) is 0.435. The lowest BCUT2D eigenvalue weighted by Crippen LogP contribution is -2.09. The molecular formula is C15H24O. The zero-order valence-electron chi connectivity index (χ0n) is 10.9. The Bertz CT molecular complexity index is 313. The monoisotopic (exact) mass is 220 g/mol. The Morgan fingerprint density at radius 1 is 1.12 bits per heavy atom. The summed E-state index contributed by atoms with van der Waals surface area (Å²) in [5, 5.41) is 0. The summed E-state index contributed by atoms with van der Waals surface area (Å²) in [5.41, 5.74) is 3.26. The van der Waals surface area contributed by atoms with Gasteiger partial charge in [0.15, 0.2) is 0 Å². The molecule has 0 amide bonds. The van der Waals surface area contributed by atoms with E-state index in [9.17, 15) is 0 Å². The topological polar surface area (TPSA) is 12.5 Å². The maximum absolute atomic E-state index is 5.85. The summed E-state index contributed by atoms with van der Waals surface area (Å²) < 4.78 is 5.85. The zero-order valence-corrected chi connectivity index (χ0v) is 10.9. The lowest BCUT2D eigenvalue weighted by atomic mass is 9.95. The first kappa shape index (κ1) is 11.9. The fourth-order valence-corrected chi connectivity index (χ4v) is 2.59. The van der Waals surface area contributed by atoms with Crippen molar-refractivity contribution in [2.75, 3.05) is 0 Å². The van der Waals surface area contributed by atoms with Crippen molar-refractivity contribution >= 4 is 0 Å². The normalized spacial score (nSPS) is 42.8. The summed E-state index contributed by atoms with van der Waals surface area (Å²) >= 11 is 0. The van der Waals surface area contributed by atoms with Gasteiger partial charge in [-0.25, -0.2) is 0 Å². The van der Waals surface area contributed by atoms with Crippen LogP contribution in [-0.4, -0.2) is 11.7 Å². The van der Waals surface area contributed by atoms with Gasteiger partial charge < -0.3 is 4.74 Å². The zero-order chi connectivity index (χ0) is 11.6. The molecule has 1 fully saturated rings. The second-order valence-corrected chi connectivity index (χ2v) is 5.64. The maximum atomic E-state index is 5.85. The first-order valence-corrected chi connectivity index (χ1v) is 6.59. The molecule has 2 aliphatic rings. The third-order valence-electron chi connectivity index (χ3n) is 4.00. The molecule has 0 bridgehead atoms. The van der Waals surface area contributed by atoms with E-state index in [4.69, 9.17) is 4.74 Å². The highest BCUT2D eigenvalue weighted by Gasteiger charge is 2.50. The number of allylic oxidation sites excluding steroid dienone is 4. The van der Waals surface area contributed by atoms with E-state index in [2.05, 4.69) is 32.9 Å². The highest BCUT2D eigenvalue weighted by atomic mass is 16.6. The minimum absolute atomic E-state index is 0.191. The van der Waals surface area contributed by atoms with E-state index < -0.39 is 0 Å². The third kappa shape index (κ3) is 2.98. The van der Waals surface area contributed by atoms with E-state index in [1.807, 2.05) is 0 Å². The van der Waals surface area contributed by atoms with E-state index in [-0.39, 0.29) is 5.60 Å². The van der Waals surface area contributed by atoms with Crippen LogP contribution in [0.2, 0.25) is 0 Å². The van der Waals surface area contributed by atoms with Gasteiger partial charge in [-0.1, -0.05) is 23.3 Å². The average molecular weight is 220 g/mol. The van der Waals surface area contributed by atoms with Crippen molar-refractivity contribution in [1.82, 2.24) is 0 Å². The van der Waals surface area contributed by atoms with Gasteiger partial charge in [-0.2, -0.15) is 0 Å². The van der Waals surface area contributed by atoms with Crippen LogP contribution < -0.4 is 0 Å². The lowest BCUT2D eigenvalue weighted by molar-refractivity contribution is 0.295. The van der Waals surface area contributed by atoms with Gasteiger partial charge in [0.2, 0.25) is 0 Å². The van der Waals surface area contributed by atoms with E-state index in [0.717, 1.165) is 0 Å². The maximum Gasteiger partial charge on any atom is 0.0923 e. The summed E-state index contributed by atoms with van der Waals surface area (Å²) in [6, 6.07) is 0. The van der Waals surface area contributed by atoms with Crippen molar-refractivity contribution in [2.45, 2.75) is 71.0 Å². The molecule has 16 heavy (non-hydrogen) atoms. The Labute approximate surface area is 99.6 Å². The molecule has 0 saturated carbocycles. The summed E-state index contributed by atoms with van der Waals surface area (Å²) in [6.07, 6.45) is 12.5. The fourth-order valence-electron chi connectivity index (χ4n) is 2.59. The van der Waals surface area contributed by atoms with E-state index in [1.54, 1.807) is 0 Å². The SMILES string of the molecule is C/C1=C/CCC2(C)OC2CC/C(C)=C\CC1. The van der Waals surface area contributed by atoms with Gasteiger partial charge in [-0.05, 0) is 59.3 Å². The summed E-state index contributed by atoms with van der Waals surface area (Å²) in [7, 11) is 0. The van der Waals surface area contributed by atoms with Crippen LogP contribution >= 0.6 is 0 Å². The van der Waals surface area contributed by atoms with Crippen LogP contribution in [0, 0.1) is 0 Å². The molecule has 2 rings (SSSR count). The standard InChI is InChI=1S/C15H24O/c1-12-6-4-7-13(2)9-10-14-15(3,16-14)11-5-8-12/h7-8,14H,4-6,9-11H2,1-3H3/b12-8-,13-7-. The second kappa shape index (κ2) is 4.75. The van der Waals surface area contributed by atoms with Gasteiger partial charge in [0.25, 0.3) is 0 Å². The molecule has 0 aromatic carbocycles. The predicted octanol–water partition coefficient (Wildman–Crippen LogP) is 4.39. The number of hydrogen-bond acceptors (Lipinski definition) is 1. The largest absolute Gasteiger partial charge is 0.366 e. The Balaban J connectivity index is 1.99. The number of epoxide rings is 1. The number of ether oxygens (including phenoxy) is 1. The first-order valence-electron chi connectivity index (χ1n) is 6.59. The van der Waals surface area contributed by atoms with Crippen molar-refractivity contribution in [1.29, 1.82) is 0 Å². The van der Waals surface area contributed by atoms with Gasteiger partial charge in [-0.15, -0.1) is 0 Å². The molecule has 0 spiro atoms. The Morgan fingerprint density at radius 2 is 1.81 bits per heavy atom. The highest BCUT2D eigenvalue weighted by molar-refractivity contribution is 5.09. The van der Waals surface area contributed by atoms with Gasteiger partial charge in [0, 0.05) is 0 Å². The van der Waals surface area contributed by atoms with Crippen LogP contribution in [0.4, 0.5) is 0 Å². The first-order chi connectivity index (χ1) is 7.60. The van der Waals surface area contributed by atoms with E-state index >= 15 is 0 Å². The van der Waals surface area contributed by atoms with Crippen LogP contribution in [0.1, 0.15) is 59.3 Å². The Hall–Kier alpha value is -0.560. The van der Waals surface area contributed by atoms with Gasteiger partial charge in [0.05, 0.1) is 11.7 Å². The molecule has 1 saturated heterocycles. The number of hydrogen-bond donors (Lipinski definition) is 0. The molecule has 2 unspecified atom stereocenters. The predicted molar refractivity (Wildman–Crippen MR) is 68.5 cm³/mol. The van der Waals surface area contributed by atoms with Gasteiger partial charge in [0.1, 0.15) is 0 Å². The molecular weight excluding hydrogens is 196 g/mol. The summed E-state index contributed by atoms with van der Waals surface area (Å²) in [6.45, 7) is 6.78. The molecule has 1 nitrogen and oxygen atoms in total. The Kier molecular flexibility index (Phi) is 3.53. The van der Waals surface area contributed by atoms with Crippen molar-refractivity contribution < 1.29 is 4.74 Å². The Morgan fingerprint density at radius 3 is 2.62 bits per heavy atom. The summed E-state index contributed by atoms with van der Waals surface area (Å²) in [5.74, 6) is 0. The van der Waals surface area contributed by atoms with Crippen LogP contribution in [0.15, 0.2) is 23.3 Å². The van der Waals surface area contributed by atoms with Crippen molar-refractivity contribution in [3.8, 4) is 0 Å². The van der Waals surface area contributed by atoms with E-state index in [1.165, 1.54) is 49.7 Å². The number of fused-ring (bicyclic) bond motifs is 1. The van der Waals surface area contributed by atoms with Crippen LogP contribution in [-0.2, 0) is 4.74 Å². The smallest absolute Gasteiger partial charge is 0.0923 e. The minimum atomic E-state index is 0.191. The third-order valence-corrected chi connectivity index (χ3v) is 4.00. The molecule has 1 aliphatic heterocycles. The van der Waals surface area contributed by atoms with Crippen molar-refractivity contribution in [2.24, 2.45) is 0 Å². The number of rotatable bonds is 0. The second-order valence-electron chi connectivity index (χ2n) is 5.64. The van der Waals surface area contributed by atoms with Crippen LogP contribution in [0.3, 0.4) is 0 Å². The van der Waals surface area contributed by atoms with Crippen molar-refractivity contribution in [3.63, 3.8) is 0 Å². The molecule has 0 aromatic rings. The highest BCUT2D eigenvalue weighted by Crippen LogP contribution is 2.43. The average Bonchev–Trinajstić information content (AvgIpc) is 2.85. The molecule has 1 heterocycles. The van der Waals surface area contributed by atoms with E-state index in [0.29, 0.717) is 6.10 Å². The molecule has 2 atom stereocenters. The molecule has 0 N–H and O–H groups in total. The molecule has 0 aromatic heterocycles. The van der Waals surface area contributed by atoms with Gasteiger partial charge in [-0.3, -0.25) is 0 Å². The van der Waals surface area contributed by atoms with Crippen LogP contribution in [0.5, 0.6) is 0 Å². The molecule has 1 aliphatic carbocycles. The molecule has 0 radical (unpaired) electrons. The summed E-state index contributed by atoms with van der Waals surface area (Å²) in [4.78, 5) is 0. The minimum Gasteiger partial charge on any atom is -0.366 e. The molecule has 1 heteroatoms. The lowest BCUT2D eigenvalue weighted by Gasteiger charge is -2.07. The van der Waals surface area contributed by atoms with Crippen LogP contribution in [0.25, 0.3) is 0 Å². The van der Waals surface area contributed by atoms with Crippen molar-refractivity contribution in [3.05, 3.63) is 23.3 Å². The molecule has 90 valence electrons. The fraction of sp³-hybridized carbons (Fsp3) is 0.733. The van der Waals surface area contributed by atoms with Gasteiger partial charge >= 0.3 is 0 Å².